The molecule has 1 N–H and O–H groups in total. The molecule has 3 rings (SSSR count). The van der Waals surface area contributed by atoms with Crippen molar-refractivity contribution < 1.29 is 0 Å². The van der Waals surface area contributed by atoms with Crippen LogP contribution < -0.4 is 16.7 Å². The summed E-state index contributed by atoms with van der Waals surface area (Å²) in [6.45, 7) is 2.58. The minimum absolute atomic E-state index is 0.334. The molecule has 3 heterocycles. The molecule has 0 aromatic carbocycles. The van der Waals surface area contributed by atoms with Crippen LogP contribution in [0.2, 0.25) is 0 Å². The van der Waals surface area contributed by atoms with Gasteiger partial charge in [0.2, 0.25) is 5.95 Å². The molecule has 0 unspecified atom stereocenters. The van der Waals surface area contributed by atoms with Gasteiger partial charge in [0, 0.05) is 38.6 Å². The first-order valence-corrected chi connectivity index (χ1v) is 7.90. The van der Waals surface area contributed by atoms with Gasteiger partial charge < -0.3 is 4.57 Å². The number of pyridine rings is 1. The van der Waals surface area contributed by atoms with E-state index >= 15 is 0 Å². The van der Waals surface area contributed by atoms with Crippen LogP contribution in [0.25, 0.3) is 11.2 Å². The highest BCUT2D eigenvalue weighted by molar-refractivity contribution is 5.80. The molecule has 0 atom stereocenters. The maximum absolute atomic E-state index is 12.5. The molecule has 130 valence electrons. The van der Waals surface area contributed by atoms with Gasteiger partial charge in [0.05, 0.1) is 6.21 Å². The summed E-state index contributed by atoms with van der Waals surface area (Å²) in [7, 11) is 3.05. The lowest BCUT2D eigenvalue weighted by Gasteiger charge is -2.07. The molecule has 9 nitrogen and oxygen atoms in total. The molecule has 0 radical (unpaired) electrons. The molecule has 0 fully saturated rings. The van der Waals surface area contributed by atoms with E-state index in [9.17, 15) is 9.59 Å². The molecule has 25 heavy (non-hydrogen) atoms. The van der Waals surface area contributed by atoms with Gasteiger partial charge in [-0.2, -0.15) is 10.1 Å². The first-order chi connectivity index (χ1) is 12.0. The zero-order chi connectivity index (χ0) is 18.0. The zero-order valence-electron chi connectivity index (χ0n) is 14.3. The number of nitrogens with zero attached hydrogens (tertiary/aromatic N) is 6. The van der Waals surface area contributed by atoms with Crippen LogP contribution in [0.4, 0.5) is 5.95 Å². The highest BCUT2D eigenvalue weighted by Gasteiger charge is 2.18. The second kappa shape index (κ2) is 6.71. The van der Waals surface area contributed by atoms with Gasteiger partial charge in [-0.3, -0.25) is 18.9 Å². The fourth-order valence-electron chi connectivity index (χ4n) is 2.59. The Kier molecular flexibility index (Phi) is 4.46. The number of nitrogens with one attached hydrogen (secondary N) is 1. The van der Waals surface area contributed by atoms with E-state index in [1.807, 2.05) is 19.1 Å². The van der Waals surface area contributed by atoms with Crippen LogP contribution in [0, 0.1) is 0 Å². The summed E-state index contributed by atoms with van der Waals surface area (Å²) in [5.74, 6) is 0.412. The van der Waals surface area contributed by atoms with Gasteiger partial charge >= 0.3 is 5.69 Å². The second-order valence-corrected chi connectivity index (χ2v) is 5.62. The fraction of sp³-hybridized carbons (Fsp3) is 0.312. The van der Waals surface area contributed by atoms with Gasteiger partial charge in [-0.05, 0) is 12.5 Å². The number of aryl methyl sites for hydroxylation is 2. The number of hydrogen-bond acceptors (Lipinski definition) is 6. The molecule has 3 aromatic heterocycles. The molecular formula is C16H19N7O2. The highest BCUT2D eigenvalue weighted by atomic mass is 16.2. The van der Waals surface area contributed by atoms with Crippen molar-refractivity contribution in [2.45, 2.75) is 19.9 Å². The number of rotatable bonds is 5. The summed E-state index contributed by atoms with van der Waals surface area (Å²) >= 11 is 0. The van der Waals surface area contributed by atoms with Crippen molar-refractivity contribution in [1.29, 1.82) is 0 Å². The van der Waals surface area contributed by atoms with Gasteiger partial charge in [-0.15, -0.1) is 0 Å². The van der Waals surface area contributed by atoms with E-state index in [0.717, 1.165) is 16.6 Å². The maximum Gasteiger partial charge on any atom is 0.332 e. The molecule has 9 heteroatoms. The van der Waals surface area contributed by atoms with Crippen LogP contribution in [0.15, 0.2) is 39.2 Å². The Labute approximate surface area is 143 Å². The summed E-state index contributed by atoms with van der Waals surface area (Å²) in [6, 6.07) is 3.68. The lowest BCUT2D eigenvalue weighted by atomic mass is 10.3. The third-order valence-electron chi connectivity index (χ3n) is 3.86. The number of hydrogen-bond donors (Lipinski definition) is 1. The van der Waals surface area contributed by atoms with E-state index in [1.165, 1.54) is 11.6 Å². The van der Waals surface area contributed by atoms with Gasteiger partial charge in [-0.25, -0.2) is 10.2 Å². The number of anilines is 1. The van der Waals surface area contributed by atoms with Crippen LogP contribution in [0.1, 0.15) is 18.9 Å². The largest absolute Gasteiger partial charge is 0.332 e. The van der Waals surface area contributed by atoms with Crippen molar-refractivity contribution in [1.82, 2.24) is 23.7 Å². The van der Waals surface area contributed by atoms with E-state index in [2.05, 4.69) is 20.5 Å². The maximum atomic E-state index is 12.5. The lowest BCUT2D eigenvalue weighted by Crippen LogP contribution is -2.37. The molecule has 0 amide bonds. The molecule has 0 saturated heterocycles. The summed E-state index contributed by atoms with van der Waals surface area (Å²) in [5, 5.41) is 4.16. The van der Waals surface area contributed by atoms with Gasteiger partial charge in [-0.1, -0.05) is 13.0 Å². The van der Waals surface area contributed by atoms with E-state index in [-0.39, 0.29) is 5.56 Å². The van der Waals surface area contributed by atoms with Gasteiger partial charge in [0.1, 0.15) is 0 Å². The molecule has 0 spiro atoms. The Morgan fingerprint density at radius 1 is 1.28 bits per heavy atom. The normalized spacial score (nSPS) is 11.5. The predicted molar refractivity (Wildman–Crippen MR) is 96.0 cm³/mol. The average molecular weight is 341 g/mol. The highest BCUT2D eigenvalue weighted by Crippen LogP contribution is 2.16. The standard InChI is InChI=1S/C16H19N7O2/c1-4-8-23-12-13(21(2)16(25)22(3)14(12)24)19-15(23)20-18-10-11-6-5-7-17-9-11/h5-7,9-10H,4,8H2,1-3H3,(H,19,20)/b18-10-. The van der Waals surface area contributed by atoms with Crippen molar-refractivity contribution in [3.05, 3.63) is 50.9 Å². The number of hydrazone groups is 1. The van der Waals surface area contributed by atoms with Gasteiger partial charge in [0.25, 0.3) is 5.56 Å². The summed E-state index contributed by atoms with van der Waals surface area (Å²) in [4.78, 5) is 33.0. The lowest BCUT2D eigenvalue weighted by molar-refractivity contribution is 0.679. The Morgan fingerprint density at radius 2 is 2.08 bits per heavy atom. The molecular weight excluding hydrogens is 322 g/mol. The fourth-order valence-corrected chi connectivity index (χ4v) is 2.59. The smallest absolute Gasteiger partial charge is 0.303 e. The number of aromatic nitrogens is 5. The van der Waals surface area contributed by atoms with Crippen LogP contribution in [0.5, 0.6) is 0 Å². The van der Waals surface area contributed by atoms with Crippen LogP contribution in [0.3, 0.4) is 0 Å². The van der Waals surface area contributed by atoms with Crippen molar-refractivity contribution in [2.24, 2.45) is 19.2 Å². The molecule has 0 aliphatic carbocycles. The van der Waals surface area contributed by atoms with E-state index in [4.69, 9.17) is 0 Å². The Bertz CT molecular complexity index is 1040. The monoisotopic (exact) mass is 341 g/mol. The molecule has 0 aliphatic rings. The predicted octanol–water partition coefficient (Wildman–Crippen LogP) is 0.685. The van der Waals surface area contributed by atoms with Crippen molar-refractivity contribution >= 4 is 23.3 Å². The molecule has 0 saturated carbocycles. The second-order valence-electron chi connectivity index (χ2n) is 5.62. The number of fused-ring (bicyclic) bond motifs is 1. The summed E-state index contributed by atoms with van der Waals surface area (Å²) < 4.78 is 4.19. The Hall–Kier alpha value is -3.23. The third-order valence-corrected chi connectivity index (χ3v) is 3.86. The zero-order valence-corrected chi connectivity index (χ0v) is 14.3. The Morgan fingerprint density at radius 3 is 2.76 bits per heavy atom. The molecule has 3 aromatic rings. The molecule has 0 bridgehead atoms. The van der Waals surface area contributed by atoms with Gasteiger partial charge in [0.15, 0.2) is 11.2 Å². The molecule has 0 aliphatic heterocycles. The summed E-state index contributed by atoms with van der Waals surface area (Å²) in [5.41, 5.74) is 3.62. The first kappa shape index (κ1) is 16.6. The minimum Gasteiger partial charge on any atom is -0.303 e. The summed E-state index contributed by atoms with van der Waals surface area (Å²) in [6.07, 6.45) is 5.78. The van der Waals surface area contributed by atoms with Crippen molar-refractivity contribution in [3.8, 4) is 0 Å². The topological polar surface area (TPSA) is 99.1 Å². The third kappa shape index (κ3) is 2.95. The van der Waals surface area contributed by atoms with Crippen LogP contribution >= 0.6 is 0 Å². The van der Waals surface area contributed by atoms with E-state index < -0.39 is 5.69 Å². The van der Waals surface area contributed by atoms with E-state index in [0.29, 0.717) is 23.7 Å². The number of imidazole rings is 1. The van der Waals surface area contributed by atoms with Crippen LogP contribution in [-0.2, 0) is 20.6 Å². The first-order valence-electron chi connectivity index (χ1n) is 7.90. The minimum atomic E-state index is -0.413. The van der Waals surface area contributed by atoms with Crippen molar-refractivity contribution in [2.75, 3.05) is 5.43 Å². The average Bonchev–Trinajstić information content (AvgIpc) is 2.98. The van der Waals surface area contributed by atoms with E-state index in [1.54, 1.807) is 30.2 Å². The quantitative estimate of drug-likeness (QED) is 0.543. The Balaban J connectivity index is 2.09. The SMILES string of the molecule is CCCn1c(N/N=C\c2cccnc2)nc2c1c(=O)n(C)c(=O)n2C. The van der Waals surface area contributed by atoms with Crippen LogP contribution in [-0.4, -0.2) is 29.9 Å². The van der Waals surface area contributed by atoms with Crippen molar-refractivity contribution in [3.63, 3.8) is 0 Å².